The average molecular weight is 305 g/mol. The fourth-order valence-electron chi connectivity index (χ4n) is 2.74. The Morgan fingerprint density at radius 2 is 2.00 bits per heavy atom. The van der Waals surface area contributed by atoms with Gasteiger partial charge in [0.2, 0.25) is 0 Å². The van der Waals surface area contributed by atoms with Crippen LogP contribution in [-0.2, 0) is 4.74 Å². The highest BCUT2D eigenvalue weighted by atomic mass is 16.5. The Labute approximate surface area is 133 Å². The van der Waals surface area contributed by atoms with Crippen LogP contribution in [0, 0.1) is 5.92 Å². The molecular weight excluding hydrogens is 278 g/mol. The molecule has 2 rings (SSSR count). The number of hydrogen-bond donors (Lipinski definition) is 2. The summed E-state index contributed by atoms with van der Waals surface area (Å²) in [4.78, 5) is 14.1. The number of carbonyl (C=O) groups is 1. The molecule has 1 heterocycles. The quantitative estimate of drug-likeness (QED) is 0.847. The Hall–Kier alpha value is -1.75. The lowest BCUT2D eigenvalue weighted by Gasteiger charge is -2.28. The Balaban J connectivity index is 1.65. The van der Waals surface area contributed by atoms with E-state index < -0.39 is 0 Å². The summed E-state index contributed by atoms with van der Waals surface area (Å²) in [7, 11) is 2.03. The molecule has 1 saturated heterocycles. The van der Waals surface area contributed by atoms with Crippen LogP contribution in [0.25, 0.3) is 0 Å². The van der Waals surface area contributed by atoms with E-state index >= 15 is 0 Å². The molecule has 5 heteroatoms. The van der Waals surface area contributed by atoms with Crippen LogP contribution < -0.4 is 15.5 Å². The molecule has 0 saturated carbocycles. The van der Waals surface area contributed by atoms with Crippen LogP contribution in [0.15, 0.2) is 30.3 Å². The van der Waals surface area contributed by atoms with Gasteiger partial charge in [0.1, 0.15) is 0 Å². The van der Waals surface area contributed by atoms with Crippen molar-refractivity contribution in [1.82, 2.24) is 10.6 Å². The average Bonchev–Trinajstić information content (AvgIpc) is 2.56. The number of hydrogen-bond acceptors (Lipinski definition) is 3. The lowest BCUT2D eigenvalue weighted by molar-refractivity contribution is 0.0571. The Morgan fingerprint density at radius 1 is 1.32 bits per heavy atom. The number of benzene rings is 1. The van der Waals surface area contributed by atoms with Crippen LogP contribution in [0.2, 0.25) is 0 Å². The maximum absolute atomic E-state index is 11.9. The third-order valence-corrected chi connectivity index (χ3v) is 4.26. The zero-order chi connectivity index (χ0) is 15.8. The van der Waals surface area contributed by atoms with Crippen LogP contribution in [0.5, 0.6) is 0 Å². The molecule has 1 aromatic rings. The van der Waals surface area contributed by atoms with Crippen molar-refractivity contribution >= 4 is 11.7 Å². The SMILES string of the molecule is CC(NC(=O)NCCN(C)c1ccccc1)C1CCOCC1. The summed E-state index contributed by atoms with van der Waals surface area (Å²) < 4.78 is 5.35. The predicted octanol–water partition coefficient (Wildman–Crippen LogP) is 2.24. The topological polar surface area (TPSA) is 53.6 Å². The number of likely N-dealkylation sites (N-methyl/N-ethyl adjacent to an activating group) is 1. The first-order valence-corrected chi connectivity index (χ1v) is 8.05. The van der Waals surface area contributed by atoms with Crippen molar-refractivity contribution in [2.75, 3.05) is 38.3 Å². The summed E-state index contributed by atoms with van der Waals surface area (Å²) >= 11 is 0. The largest absolute Gasteiger partial charge is 0.381 e. The van der Waals surface area contributed by atoms with E-state index in [1.807, 2.05) is 25.2 Å². The van der Waals surface area contributed by atoms with Gasteiger partial charge < -0.3 is 20.3 Å². The molecular formula is C17H27N3O2. The summed E-state index contributed by atoms with van der Waals surface area (Å²) in [6.07, 6.45) is 2.05. The summed E-state index contributed by atoms with van der Waals surface area (Å²) in [5.41, 5.74) is 1.15. The van der Waals surface area contributed by atoms with Crippen molar-refractivity contribution in [3.05, 3.63) is 30.3 Å². The Morgan fingerprint density at radius 3 is 2.68 bits per heavy atom. The molecule has 2 amide bonds. The van der Waals surface area contributed by atoms with Gasteiger partial charge in [0.15, 0.2) is 0 Å². The first kappa shape index (κ1) is 16.6. The van der Waals surface area contributed by atoms with Crippen LogP contribution in [0.4, 0.5) is 10.5 Å². The minimum absolute atomic E-state index is 0.0829. The third kappa shape index (κ3) is 5.22. The standard InChI is InChI=1S/C17H27N3O2/c1-14(15-8-12-22-13-9-15)19-17(21)18-10-11-20(2)16-6-4-3-5-7-16/h3-7,14-15H,8-13H2,1-2H3,(H2,18,19,21). The van der Waals surface area contributed by atoms with E-state index in [0.29, 0.717) is 12.5 Å². The van der Waals surface area contributed by atoms with Gasteiger partial charge >= 0.3 is 6.03 Å². The van der Waals surface area contributed by atoms with Gasteiger partial charge in [0.05, 0.1) is 0 Å². The summed E-state index contributed by atoms with van der Waals surface area (Å²) in [5, 5.41) is 5.97. The minimum atomic E-state index is -0.0829. The van der Waals surface area contributed by atoms with E-state index in [9.17, 15) is 4.79 Å². The van der Waals surface area contributed by atoms with Crippen molar-refractivity contribution < 1.29 is 9.53 Å². The van der Waals surface area contributed by atoms with Crippen molar-refractivity contribution in [3.8, 4) is 0 Å². The Bertz CT molecular complexity index is 446. The maximum atomic E-state index is 11.9. The fraction of sp³-hybridized carbons (Fsp3) is 0.588. The van der Waals surface area contributed by atoms with E-state index in [1.165, 1.54) is 0 Å². The third-order valence-electron chi connectivity index (χ3n) is 4.26. The predicted molar refractivity (Wildman–Crippen MR) is 89.3 cm³/mol. The van der Waals surface area contributed by atoms with Gasteiger partial charge in [-0.2, -0.15) is 0 Å². The van der Waals surface area contributed by atoms with Gasteiger partial charge in [-0.15, -0.1) is 0 Å². The number of amides is 2. The van der Waals surface area contributed by atoms with Crippen LogP contribution in [0.1, 0.15) is 19.8 Å². The molecule has 1 fully saturated rings. The molecule has 1 aliphatic heterocycles. The van der Waals surface area contributed by atoms with Gasteiger partial charge in [0.25, 0.3) is 0 Å². The molecule has 0 bridgehead atoms. The van der Waals surface area contributed by atoms with E-state index in [0.717, 1.165) is 38.3 Å². The van der Waals surface area contributed by atoms with Gasteiger partial charge in [0, 0.05) is 45.1 Å². The number of nitrogens with zero attached hydrogens (tertiary/aromatic N) is 1. The zero-order valence-electron chi connectivity index (χ0n) is 13.5. The molecule has 1 aromatic carbocycles. The van der Waals surface area contributed by atoms with Crippen molar-refractivity contribution in [3.63, 3.8) is 0 Å². The summed E-state index contributed by atoms with van der Waals surface area (Å²) in [6.45, 7) is 5.09. The van der Waals surface area contributed by atoms with Crippen LogP contribution in [0.3, 0.4) is 0 Å². The van der Waals surface area contributed by atoms with E-state index in [-0.39, 0.29) is 12.1 Å². The summed E-state index contributed by atoms with van der Waals surface area (Å²) in [5.74, 6) is 0.520. The van der Waals surface area contributed by atoms with E-state index in [2.05, 4.69) is 34.6 Å². The smallest absolute Gasteiger partial charge is 0.315 e. The van der Waals surface area contributed by atoms with Gasteiger partial charge in [-0.05, 0) is 37.8 Å². The number of ether oxygens (including phenoxy) is 1. The molecule has 0 spiro atoms. The van der Waals surface area contributed by atoms with Gasteiger partial charge in [-0.25, -0.2) is 4.79 Å². The molecule has 22 heavy (non-hydrogen) atoms. The monoisotopic (exact) mass is 305 g/mol. The maximum Gasteiger partial charge on any atom is 0.315 e. The number of rotatable bonds is 6. The molecule has 0 aromatic heterocycles. The normalized spacial score (nSPS) is 16.8. The number of nitrogens with one attached hydrogen (secondary N) is 2. The first-order chi connectivity index (χ1) is 10.7. The van der Waals surface area contributed by atoms with Gasteiger partial charge in [-0.3, -0.25) is 0 Å². The molecule has 122 valence electrons. The number of carbonyl (C=O) groups excluding carboxylic acids is 1. The second kappa shape index (κ2) is 8.63. The number of para-hydroxylation sites is 1. The highest BCUT2D eigenvalue weighted by Crippen LogP contribution is 2.18. The number of urea groups is 1. The molecule has 1 atom stereocenters. The molecule has 5 nitrogen and oxygen atoms in total. The minimum Gasteiger partial charge on any atom is -0.381 e. The second-order valence-electron chi connectivity index (χ2n) is 5.90. The number of anilines is 1. The first-order valence-electron chi connectivity index (χ1n) is 8.05. The zero-order valence-corrected chi connectivity index (χ0v) is 13.5. The lowest BCUT2D eigenvalue weighted by Crippen LogP contribution is -2.46. The van der Waals surface area contributed by atoms with Crippen LogP contribution in [-0.4, -0.2) is 45.4 Å². The second-order valence-corrected chi connectivity index (χ2v) is 5.90. The molecule has 0 aliphatic carbocycles. The molecule has 2 N–H and O–H groups in total. The van der Waals surface area contributed by atoms with E-state index in [4.69, 9.17) is 4.74 Å². The highest BCUT2D eigenvalue weighted by molar-refractivity contribution is 5.74. The van der Waals surface area contributed by atoms with Crippen molar-refractivity contribution in [2.45, 2.75) is 25.8 Å². The summed E-state index contributed by atoms with van der Waals surface area (Å²) in [6, 6.07) is 10.3. The van der Waals surface area contributed by atoms with Gasteiger partial charge in [-0.1, -0.05) is 18.2 Å². The van der Waals surface area contributed by atoms with E-state index in [1.54, 1.807) is 0 Å². The molecule has 1 unspecified atom stereocenters. The highest BCUT2D eigenvalue weighted by Gasteiger charge is 2.21. The Kier molecular flexibility index (Phi) is 6.52. The van der Waals surface area contributed by atoms with Crippen LogP contribution >= 0.6 is 0 Å². The van der Waals surface area contributed by atoms with Crippen molar-refractivity contribution in [2.24, 2.45) is 5.92 Å². The molecule has 1 aliphatic rings. The molecule has 0 radical (unpaired) electrons. The lowest BCUT2D eigenvalue weighted by atomic mass is 9.93. The van der Waals surface area contributed by atoms with Crippen molar-refractivity contribution in [1.29, 1.82) is 0 Å². The fourth-order valence-corrected chi connectivity index (χ4v) is 2.74.